The third-order valence-electron chi connectivity index (χ3n) is 9.15. The van der Waals surface area contributed by atoms with Gasteiger partial charge in [-0.15, -0.1) is 0 Å². The molecule has 0 saturated heterocycles. The van der Waals surface area contributed by atoms with E-state index in [1.807, 2.05) is 24.3 Å². The molecule has 0 heterocycles. The summed E-state index contributed by atoms with van der Waals surface area (Å²) in [6.45, 7) is 11.1. The summed E-state index contributed by atoms with van der Waals surface area (Å²) in [5, 5.41) is 3.08. The first-order valence-electron chi connectivity index (χ1n) is 18.9. The van der Waals surface area contributed by atoms with Crippen molar-refractivity contribution in [3.8, 4) is 23.0 Å². The van der Waals surface area contributed by atoms with Gasteiger partial charge in [0, 0.05) is 11.1 Å². The first kappa shape index (κ1) is 37.3. The van der Waals surface area contributed by atoms with E-state index in [0.29, 0.717) is 71.3 Å². The van der Waals surface area contributed by atoms with Gasteiger partial charge in [-0.2, -0.15) is 0 Å². The van der Waals surface area contributed by atoms with Crippen LogP contribution in [-0.4, -0.2) is 38.0 Å². The third kappa shape index (κ3) is 9.99. The van der Waals surface area contributed by atoms with Crippen LogP contribution in [0.2, 0.25) is 0 Å². The quantitative estimate of drug-likeness (QED) is 0.0704. The van der Waals surface area contributed by atoms with E-state index in [1.165, 1.54) is 25.0 Å². The number of hydrogen-bond donors (Lipinski definition) is 0. The van der Waals surface area contributed by atoms with E-state index < -0.39 is 0 Å². The Morgan fingerprint density at radius 1 is 0.375 bits per heavy atom. The maximum Gasteiger partial charge on any atom is 0.187 e. The number of carbonyl (C=O) groups is 2. The molecule has 0 spiro atoms. The lowest BCUT2D eigenvalue weighted by molar-refractivity contribution is 0.0996. The predicted molar refractivity (Wildman–Crippen MR) is 198 cm³/mol. The van der Waals surface area contributed by atoms with Crippen molar-refractivity contribution in [2.75, 3.05) is 26.4 Å². The fourth-order valence-electron chi connectivity index (χ4n) is 6.37. The number of fused-ring (bicyclic) bond motifs is 6. The fraction of sp³-hybridized carbons (Fsp3) is 0.571. The zero-order valence-corrected chi connectivity index (χ0v) is 30.1. The Morgan fingerprint density at radius 3 is 0.917 bits per heavy atom. The van der Waals surface area contributed by atoms with Gasteiger partial charge in [-0.1, -0.05) is 105 Å². The number of allylic oxidation sites excluding steroid dienone is 2. The Morgan fingerprint density at radius 2 is 0.646 bits per heavy atom. The second-order valence-electron chi connectivity index (χ2n) is 13.1. The molecule has 6 heteroatoms. The summed E-state index contributed by atoms with van der Waals surface area (Å²) in [5.74, 6) is 2.20. The van der Waals surface area contributed by atoms with E-state index in [4.69, 9.17) is 18.9 Å². The molecule has 0 saturated carbocycles. The standard InChI is InChI=1S/C42H58O6/c1-5-9-13-17-23-45-37-27-31-32-28-38(46-24-18-14-10-6-2)40(48-26-20-16-12-8-4)30-34(32)42-36(44)22-21-35(43)41(42)33(31)29-39(37)47-25-19-15-11-7-3/h21-22,27-30H,5-20,23-26H2,1-4H3. The number of ether oxygens (including phenoxy) is 4. The predicted octanol–water partition coefficient (Wildman–Crippen LogP) is 11.8. The molecule has 3 aromatic rings. The van der Waals surface area contributed by atoms with E-state index >= 15 is 0 Å². The summed E-state index contributed by atoms with van der Waals surface area (Å²) >= 11 is 0. The second-order valence-corrected chi connectivity index (χ2v) is 13.1. The normalized spacial score (nSPS) is 12.6. The lowest BCUT2D eigenvalue weighted by Gasteiger charge is -2.21. The van der Waals surface area contributed by atoms with Crippen LogP contribution < -0.4 is 18.9 Å². The van der Waals surface area contributed by atoms with Crippen molar-refractivity contribution in [3.63, 3.8) is 0 Å². The van der Waals surface area contributed by atoms with Gasteiger partial charge < -0.3 is 18.9 Å². The number of benzene rings is 3. The number of unbranched alkanes of at least 4 members (excludes halogenated alkanes) is 12. The Balaban J connectivity index is 1.85. The molecule has 3 aromatic carbocycles. The molecule has 0 aliphatic heterocycles. The molecule has 1 aliphatic carbocycles. The van der Waals surface area contributed by atoms with Crippen molar-refractivity contribution in [3.05, 3.63) is 47.5 Å². The number of rotatable bonds is 24. The van der Waals surface area contributed by atoms with Crippen LogP contribution in [0.1, 0.15) is 151 Å². The molecular weight excluding hydrogens is 600 g/mol. The molecule has 6 nitrogen and oxygen atoms in total. The molecule has 0 radical (unpaired) electrons. The van der Waals surface area contributed by atoms with E-state index in [2.05, 4.69) is 27.7 Å². The Hall–Kier alpha value is -3.54. The minimum atomic E-state index is -0.183. The van der Waals surface area contributed by atoms with Crippen molar-refractivity contribution in [2.24, 2.45) is 0 Å². The van der Waals surface area contributed by atoms with Crippen molar-refractivity contribution in [1.29, 1.82) is 0 Å². The van der Waals surface area contributed by atoms with Crippen molar-refractivity contribution in [1.82, 2.24) is 0 Å². The zero-order chi connectivity index (χ0) is 34.1. The molecule has 0 N–H and O–H groups in total. The third-order valence-corrected chi connectivity index (χ3v) is 9.15. The summed E-state index contributed by atoms with van der Waals surface area (Å²) in [4.78, 5) is 27.1. The average Bonchev–Trinajstić information content (AvgIpc) is 3.09. The fourth-order valence-corrected chi connectivity index (χ4v) is 6.37. The summed E-state index contributed by atoms with van der Waals surface area (Å²) in [6, 6.07) is 7.85. The van der Waals surface area contributed by atoms with Gasteiger partial charge in [0.1, 0.15) is 0 Å². The van der Waals surface area contributed by atoms with Crippen LogP contribution in [-0.2, 0) is 0 Å². The minimum Gasteiger partial charge on any atom is -0.490 e. The SMILES string of the molecule is CCCCCCOc1cc2c3c(c4cc(OCCCCCC)c(OCCCCCC)cc4c2cc1OCCCCCC)C(=O)C=CC3=O. The largest absolute Gasteiger partial charge is 0.490 e. The van der Waals surface area contributed by atoms with E-state index in [0.717, 1.165) is 101 Å². The molecule has 0 atom stereocenters. The molecule has 4 rings (SSSR count). The van der Waals surface area contributed by atoms with Gasteiger partial charge in [-0.05, 0) is 83.6 Å². The highest BCUT2D eigenvalue weighted by Gasteiger charge is 2.28. The highest BCUT2D eigenvalue weighted by molar-refractivity contribution is 6.34. The van der Waals surface area contributed by atoms with Crippen LogP contribution in [0.5, 0.6) is 23.0 Å². The number of carbonyl (C=O) groups excluding carboxylic acids is 2. The van der Waals surface area contributed by atoms with Crippen molar-refractivity contribution < 1.29 is 28.5 Å². The topological polar surface area (TPSA) is 71.1 Å². The molecule has 262 valence electrons. The first-order valence-corrected chi connectivity index (χ1v) is 18.9. The Labute approximate surface area is 288 Å². The average molecular weight is 659 g/mol. The van der Waals surface area contributed by atoms with Gasteiger partial charge in [0.15, 0.2) is 34.6 Å². The lowest BCUT2D eigenvalue weighted by atomic mass is 9.84. The summed E-state index contributed by atoms with van der Waals surface area (Å²) < 4.78 is 25.5. The van der Waals surface area contributed by atoms with Gasteiger partial charge in [0.05, 0.1) is 26.4 Å². The maximum atomic E-state index is 13.6. The van der Waals surface area contributed by atoms with Crippen LogP contribution in [0, 0.1) is 0 Å². The van der Waals surface area contributed by atoms with Crippen LogP contribution in [0.4, 0.5) is 0 Å². The van der Waals surface area contributed by atoms with Crippen LogP contribution in [0.25, 0.3) is 21.5 Å². The molecule has 0 unspecified atom stereocenters. The highest BCUT2D eigenvalue weighted by Crippen LogP contribution is 2.45. The van der Waals surface area contributed by atoms with Gasteiger partial charge in [-0.25, -0.2) is 0 Å². The molecule has 0 fully saturated rings. The molecular formula is C42H58O6. The second kappa shape index (κ2) is 20.1. The van der Waals surface area contributed by atoms with Crippen molar-refractivity contribution >= 4 is 33.1 Å². The van der Waals surface area contributed by atoms with Gasteiger partial charge >= 0.3 is 0 Å². The molecule has 0 amide bonds. The van der Waals surface area contributed by atoms with Gasteiger partial charge in [0.25, 0.3) is 0 Å². The maximum absolute atomic E-state index is 13.6. The number of hydrogen-bond acceptors (Lipinski definition) is 6. The van der Waals surface area contributed by atoms with E-state index in [-0.39, 0.29) is 11.6 Å². The van der Waals surface area contributed by atoms with Gasteiger partial charge in [-0.3, -0.25) is 9.59 Å². The van der Waals surface area contributed by atoms with E-state index in [1.54, 1.807) is 0 Å². The van der Waals surface area contributed by atoms with Crippen LogP contribution in [0.15, 0.2) is 36.4 Å². The van der Waals surface area contributed by atoms with E-state index in [9.17, 15) is 9.59 Å². The molecule has 0 bridgehead atoms. The highest BCUT2D eigenvalue weighted by atomic mass is 16.5. The molecule has 48 heavy (non-hydrogen) atoms. The monoisotopic (exact) mass is 658 g/mol. The zero-order valence-electron chi connectivity index (χ0n) is 30.1. The molecule has 1 aliphatic rings. The molecule has 0 aromatic heterocycles. The number of ketones is 2. The minimum absolute atomic E-state index is 0.183. The summed E-state index contributed by atoms with van der Waals surface area (Å²) in [7, 11) is 0. The lowest BCUT2D eigenvalue weighted by Crippen LogP contribution is -2.14. The smallest absolute Gasteiger partial charge is 0.187 e. The first-order chi connectivity index (χ1) is 23.5. The Bertz CT molecular complexity index is 1410. The van der Waals surface area contributed by atoms with Crippen LogP contribution in [0.3, 0.4) is 0 Å². The van der Waals surface area contributed by atoms with Crippen LogP contribution >= 0.6 is 0 Å². The van der Waals surface area contributed by atoms with Gasteiger partial charge in [0.2, 0.25) is 0 Å². The summed E-state index contributed by atoms with van der Waals surface area (Å²) in [5.41, 5.74) is 0.829. The van der Waals surface area contributed by atoms with Crippen molar-refractivity contribution in [2.45, 2.75) is 130 Å². The summed E-state index contributed by atoms with van der Waals surface area (Å²) in [6.07, 6.45) is 20.3. The Kier molecular flexibility index (Phi) is 15.6.